The third-order valence-corrected chi connectivity index (χ3v) is 3.80. The fraction of sp³-hybridized carbons (Fsp3) is 0.462. The Morgan fingerprint density at radius 1 is 1.55 bits per heavy atom. The summed E-state index contributed by atoms with van der Waals surface area (Å²) in [6.45, 7) is 3.21. The van der Waals surface area contributed by atoms with E-state index in [9.17, 15) is 14.9 Å². The Kier molecular flexibility index (Phi) is 4.29. The molecule has 0 aromatic heterocycles. The predicted molar refractivity (Wildman–Crippen MR) is 74.1 cm³/mol. The highest BCUT2D eigenvalue weighted by atomic mass is 32.2. The van der Waals surface area contributed by atoms with Gasteiger partial charge in [0.25, 0.3) is 5.69 Å². The molecule has 0 amide bonds. The number of rotatable bonds is 5. The Hall–Kier alpha value is -1.60. The average molecular weight is 297 g/mol. The van der Waals surface area contributed by atoms with Gasteiger partial charge in [-0.2, -0.15) is 0 Å². The molecule has 1 aliphatic heterocycles. The Morgan fingerprint density at radius 3 is 2.75 bits per heavy atom. The summed E-state index contributed by atoms with van der Waals surface area (Å²) in [6.07, 6.45) is 1.84. The number of carbonyl (C=O) groups is 1. The van der Waals surface area contributed by atoms with Gasteiger partial charge in [0.05, 0.1) is 18.1 Å². The van der Waals surface area contributed by atoms with E-state index in [1.54, 1.807) is 6.07 Å². The van der Waals surface area contributed by atoms with Crippen molar-refractivity contribution in [3.8, 4) is 0 Å². The fourth-order valence-corrected chi connectivity index (χ4v) is 2.26. The van der Waals surface area contributed by atoms with Gasteiger partial charge in [-0.05, 0) is 18.4 Å². The van der Waals surface area contributed by atoms with E-state index in [0.717, 1.165) is 4.90 Å². The summed E-state index contributed by atoms with van der Waals surface area (Å²) in [5.74, 6) is -0.666. The molecule has 0 spiro atoms. The zero-order valence-electron chi connectivity index (χ0n) is 11.3. The molecule has 0 bridgehead atoms. The SMILES string of the molecule is CSc1ccc([N+](=O)[O-])c(C(=O)OCC2(C)COC2)c1. The number of esters is 1. The molecule has 0 atom stereocenters. The van der Waals surface area contributed by atoms with Crippen molar-refractivity contribution in [3.05, 3.63) is 33.9 Å². The highest BCUT2D eigenvalue weighted by Gasteiger charge is 2.35. The Morgan fingerprint density at radius 2 is 2.25 bits per heavy atom. The lowest BCUT2D eigenvalue weighted by Gasteiger charge is -2.37. The molecule has 0 aliphatic carbocycles. The lowest BCUT2D eigenvalue weighted by Crippen LogP contribution is -2.44. The van der Waals surface area contributed by atoms with Crippen molar-refractivity contribution < 1.29 is 19.2 Å². The number of benzene rings is 1. The molecule has 1 aromatic carbocycles. The fourth-order valence-electron chi connectivity index (χ4n) is 1.82. The van der Waals surface area contributed by atoms with Crippen molar-refractivity contribution in [2.75, 3.05) is 26.1 Å². The van der Waals surface area contributed by atoms with Crippen LogP contribution in [0.15, 0.2) is 23.1 Å². The zero-order valence-corrected chi connectivity index (χ0v) is 12.1. The molecule has 1 heterocycles. The molecule has 1 fully saturated rings. The van der Waals surface area contributed by atoms with Gasteiger partial charge in [0.15, 0.2) is 0 Å². The second-order valence-corrected chi connectivity index (χ2v) is 5.90. The normalized spacial score (nSPS) is 16.3. The molecule has 108 valence electrons. The summed E-state index contributed by atoms with van der Waals surface area (Å²) in [4.78, 5) is 23.2. The van der Waals surface area contributed by atoms with Crippen molar-refractivity contribution in [1.29, 1.82) is 0 Å². The van der Waals surface area contributed by atoms with Crippen LogP contribution in [0.25, 0.3) is 0 Å². The zero-order chi connectivity index (χ0) is 14.8. The molecular weight excluding hydrogens is 282 g/mol. The number of ether oxygens (including phenoxy) is 2. The number of carbonyl (C=O) groups excluding carboxylic acids is 1. The number of nitrogens with zero attached hydrogens (tertiary/aromatic N) is 1. The van der Waals surface area contributed by atoms with Crippen LogP contribution in [0.3, 0.4) is 0 Å². The van der Waals surface area contributed by atoms with Crippen molar-refractivity contribution >= 4 is 23.4 Å². The van der Waals surface area contributed by atoms with Crippen LogP contribution in [0, 0.1) is 15.5 Å². The minimum Gasteiger partial charge on any atom is -0.461 e. The molecule has 1 saturated heterocycles. The van der Waals surface area contributed by atoms with E-state index < -0.39 is 10.9 Å². The molecule has 0 radical (unpaired) electrons. The minimum atomic E-state index is -0.666. The summed E-state index contributed by atoms with van der Waals surface area (Å²) < 4.78 is 10.3. The van der Waals surface area contributed by atoms with Gasteiger partial charge in [0, 0.05) is 16.4 Å². The summed E-state index contributed by atoms with van der Waals surface area (Å²) in [5, 5.41) is 11.0. The van der Waals surface area contributed by atoms with E-state index in [1.807, 2.05) is 13.2 Å². The van der Waals surface area contributed by atoms with Crippen LogP contribution in [-0.2, 0) is 9.47 Å². The number of hydrogen-bond donors (Lipinski definition) is 0. The summed E-state index contributed by atoms with van der Waals surface area (Å²) in [5.41, 5.74) is -0.421. The van der Waals surface area contributed by atoms with E-state index in [1.165, 1.54) is 23.9 Å². The first-order valence-corrected chi connectivity index (χ1v) is 7.25. The molecule has 2 rings (SSSR count). The van der Waals surface area contributed by atoms with E-state index in [0.29, 0.717) is 13.2 Å². The quantitative estimate of drug-likeness (QED) is 0.359. The van der Waals surface area contributed by atoms with Crippen molar-refractivity contribution in [1.82, 2.24) is 0 Å². The van der Waals surface area contributed by atoms with Gasteiger partial charge >= 0.3 is 5.97 Å². The molecule has 6 nitrogen and oxygen atoms in total. The number of nitro benzene ring substituents is 1. The van der Waals surface area contributed by atoms with Crippen LogP contribution >= 0.6 is 11.8 Å². The Labute approximate surface area is 120 Å². The van der Waals surface area contributed by atoms with Gasteiger partial charge in [0.2, 0.25) is 0 Å². The largest absolute Gasteiger partial charge is 0.461 e. The van der Waals surface area contributed by atoms with Crippen molar-refractivity contribution in [2.24, 2.45) is 5.41 Å². The number of hydrogen-bond acceptors (Lipinski definition) is 6. The first-order valence-electron chi connectivity index (χ1n) is 6.02. The lowest BCUT2D eigenvalue weighted by molar-refractivity contribution is -0.385. The van der Waals surface area contributed by atoms with Crippen LogP contribution in [0.5, 0.6) is 0 Å². The molecular formula is C13H15NO5S. The first kappa shape index (κ1) is 14.8. The van der Waals surface area contributed by atoms with Crippen molar-refractivity contribution in [3.63, 3.8) is 0 Å². The molecule has 1 aromatic rings. The van der Waals surface area contributed by atoms with Gasteiger partial charge in [-0.15, -0.1) is 11.8 Å². The second-order valence-electron chi connectivity index (χ2n) is 5.02. The van der Waals surface area contributed by atoms with Gasteiger partial charge in [-0.3, -0.25) is 10.1 Å². The van der Waals surface area contributed by atoms with Crippen molar-refractivity contribution in [2.45, 2.75) is 11.8 Å². The van der Waals surface area contributed by atoms with Gasteiger partial charge in [-0.25, -0.2) is 4.79 Å². The van der Waals surface area contributed by atoms with Crippen LogP contribution in [0.4, 0.5) is 5.69 Å². The molecule has 7 heteroatoms. The maximum absolute atomic E-state index is 12.0. The Balaban J connectivity index is 2.16. The average Bonchev–Trinajstić information content (AvgIpc) is 2.41. The number of thioether (sulfide) groups is 1. The maximum Gasteiger partial charge on any atom is 0.345 e. The van der Waals surface area contributed by atoms with Gasteiger partial charge in [0.1, 0.15) is 12.2 Å². The van der Waals surface area contributed by atoms with E-state index in [2.05, 4.69) is 0 Å². The number of nitro groups is 1. The molecule has 1 aliphatic rings. The van der Waals surface area contributed by atoms with E-state index >= 15 is 0 Å². The maximum atomic E-state index is 12.0. The van der Waals surface area contributed by atoms with Gasteiger partial charge in [-0.1, -0.05) is 6.92 Å². The molecule has 20 heavy (non-hydrogen) atoms. The molecule has 0 saturated carbocycles. The Bertz CT molecular complexity index is 542. The minimum absolute atomic E-state index is 0.00862. The predicted octanol–water partition coefficient (Wildman–Crippen LogP) is 2.51. The van der Waals surface area contributed by atoms with Crippen LogP contribution in [0.1, 0.15) is 17.3 Å². The van der Waals surface area contributed by atoms with Crippen LogP contribution in [-0.4, -0.2) is 37.0 Å². The highest BCUT2D eigenvalue weighted by molar-refractivity contribution is 7.98. The monoisotopic (exact) mass is 297 g/mol. The third kappa shape index (κ3) is 3.10. The second kappa shape index (κ2) is 5.80. The van der Waals surface area contributed by atoms with E-state index in [4.69, 9.17) is 9.47 Å². The van der Waals surface area contributed by atoms with Crippen LogP contribution in [0.2, 0.25) is 0 Å². The highest BCUT2D eigenvalue weighted by Crippen LogP contribution is 2.29. The summed E-state index contributed by atoms with van der Waals surface area (Å²) in [7, 11) is 0. The first-order chi connectivity index (χ1) is 9.45. The molecule has 0 unspecified atom stereocenters. The third-order valence-electron chi connectivity index (χ3n) is 3.07. The lowest BCUT2D eigenvalue weighted by atomic mass is 9.90. The molecule has 0 N–H and O–H groups in total. The topological polar surface area (TPSA) is 78.7 Å². The van der Waals surface area contributed by atoms with Gasteiger partial charge < -0.3 is 9.47 Å². The van der Waals surface area contributed by atoms with Crippen LogP contribution < -0.4 is 0 Å². The standard InChI is InChI=1S/C13H15NO5S/c1-13(6-18-7-13)8-19-12(15)10-5-9(20-2)3-4-11(10)14(16)17/h3-5H,6-8H2,1-2H3. The summed E-state index contributed by atoms with van der Waals surface area (Å²) >= 11 is 1.41. The summed E-state index contributed by atoms with van der Waals surface area (Å²) in [6, 6.07) is 4.43. The smallest absolute Gasteiger partial charge is 0.345 e. The van der Waals surface area contributed by atoms with E-state index in [-0.39, 0.29) is 23.3 Å².